The molecule has 0 amide bonds. The van der Waals surface area contributed by atoms with Crippen molar-refractivity contribution in [2.75, 3.05) is 31.1 Å². The number of anilines is 1. The first-order valence-corrected chi connectivity index (χ1v) is 10.4. The predicted molar refractivity (Wildman–Crippen MR) is 108 cm³/mol. The maximum absolute atomic E-state index is 13.7. The minimum absolute atomic E-state index is 0.0936. The van der Waals surface area contributed by atoms with Crippen molar-refractivity contribution in [3.05, 3.63) is 47.7 Å². The summed E-state index contributed by atoms with van der Waals surface area (Å²) in [7, 11) is 0. The van der Waals surface area contributed by atoms with Gasteiger partial charge in [0.05, 0.1) is 0 Å². The molecule has 0 saturated carbocycles. The van der Waals surface area contributed by atoms with Crippen molar-refractivity contribution in [3.8, 4) is 5.75 Å². The highest BCUT2D eigenvalue weighted by Gasteiger charge is 2.36. The molecule has 150 valence electrons. The van der Waals surface area contributed by atoms with Crippen LogP contribution >= 0.6 is 0 Å². The summed E-state index contributed by atoms with van der Waals surface area (Å²) in [5, 5.41) is 0. The molecular weight excluding hydrogens is 355 g/mol. The number of benzene rings is 1. The van der Waals surface area contributed by atoms with Gasteiger partial charge < -0.3 is 9.64 Å². The zero-order valence-corrected chi connectivity index (χ0v) is 16.8. The molecule has 2 fully saturated rings. The van der Waals surface area contributed by atoms with Crippen molar-refractivity contribution in [1.82, 2.24) is 14.9 Å². The summed E-state index contributed by atoms with van der Waals surface area (Å²) >= 11 is 0. The first kappa shape index (κ1) is 19.1. The Morgan fingerprint density at radius 3 is 2.61 bits per heavy atom. The molecule has 0 bridgehead atoms. The van der Waals surface area contributed by atoms with Crippen molar-refractivity contribution in [3.63, 3.8) is 0 Å². The van der Waals surface area contributed by atoms with E-state index in [1.807, 2.05) is 13.0 Å². The van der Waals surface area contributed by atoms with Crippen LogP contribution in [0.4, 0.5) is 10.2 Å². The van der Waals surface area contributed by atoms with Crippen LogP contribution in [0.15, 0.2) is 30.3 Å². The van der Waals surface area contributed by atoms with Crippen molar-refractivity contribution in [2.24, 2.45) is 0 Å². The minimum Gasteiger partial charge on any atom is -0.485 e. The summed E-state index contributed by atoms with van der Waals surface area (Å²) in [4.78, 5) is 14.1. The van der Waals surface area contributed by atoms with E-state index in [2.05, 4.69) is 32.8 Å². The SMILES string of the molecule is CCCc1cc(N2CCC(N3CC(Oc4ccccc4F)C3)CC2)nc(C)n1. The number of rotatable bonds is 6. The fraction of sp³-hybridized carbons (Fsp3) is 0.545. The topological polar surface area (TPSA) is 41.5 Å². The number of aryl methyl sites for hydroxylation is 2. The third kappa shape index (κ3) is 4.27. The quantitative estimate of drug-likeness (QED) is 0.761. The van der Waals surface area contributed by atoms with Gasteiger partial charge in [0.2, 0.25) is 0 Å². The van der Waals surface area contributed by atoms with Gasteiger partial charge in [0, 0.05) is 44.0 Å². The highest BCUT2D eigenvalue weighted by Crippen LogP contribution is 2.27. The fourth-order valence-corrected chi connectivity index (χ4v) is 4.18. The van der Waals surface area contributed by atoms with Gasteiger partial charge in [0.15, 0.2) is 11.6 Å². The lowest BCUT2D eigenvalue weighted by molar-refractivity contribution is -0.0170. The molecule has 0 spiro atoms. The average Bonchev–Trinajstić information content (AvgIpc) is 2.66. The third-order valence-electron chi connectivity index (χ3n) is 5.70. The van der Waals surface area contributed by atoms with Crippen LogP contribution in [0.3, 0.4) is 0 Å². The highest BCUT2D eigenvalue weighted by atomic mass is 19.1. The van der Waals surface area contributed by atoms with Gasteiger partial charge >= 0.3 is 0 Å². The van der Waals surface area contributed by atoms with Crippen molar-refractivity contribution in [2.45, 2.75) is 51.7 Å². The van der Waals surface area contributed by atoms with Crippen LogP contribution in [0.5, 0.6) is 5.75 Å². The van der Waals surface area contributed by atoms with E-state index >= 15 is 0 Å². The summed E-state index contributed by atoms with van der Waals surface area (Å²) in [6.07, 6.45) is 4.44. The first-order chi connectivity index (χ1) is 13.6. The number of nitrogens with zero attached hydrogens (tertiary/aromatic N) is 4. The fourth-order valence-electron chi connectivity index (χ4n) is 4.18. The summed E-state index contributed by atoms with van der Waals surface area (Å²) in [6, 6.07) is 9.38. The Kier molecular flexibility index (Phi) is 5.76. The van der Waals surface area contributed by atoms with E-state index in [1.165, 1.54) is 6.07 Å². The molecule has 2 aliphatic rings. The molecule has 6 heteroatoms. The number of aromatic nitrogens is 2. The van der Waals surface area contributed by atoms with Gasteiger partial charge in [0.25, 0.3) is 0 Å². The Bertz CT molecular complexity index is 801. The van der Waals surface area contributed by atoms with Gasteiger partial charge in [-0.3, -0.25) is 4.90 Å². The van der Waals surface area contributed by atoms with E-state index in [9.17, 15) is 4.39 Å². The van der Waals surface area contributed by atoms with Crippen molar-refractivity contribution >= 4 is 5.82 Å². The number of hydrogen-bond donors (Lipinski definition) is 0. The van der Waals surface area contributed by atoms with E-state index in [4.69, 9.17) is 4.74 Å². The van der Waals surface area contributed by atoms with E-state index in [0.717, 1.165) is 69.2 Å². The monoisotopic (exact) mass is 384 g/mol. The Balaban J connectivity index is 1.27. The predicted octanol–water partition coefficient (Wildman–Crippen LogP) is 3.61. The summed E-state index contributed by atoms with van der Waals surface area (Å²) < 4.78 is 19.5. The van der Waals surface area contributed by atoms with Gasteiger partial charge in [-0.1, -0.05) is 25.5 Å². The van der Waals surface area contributed by atoms with Crippen molar-refractivity contribution < 1.29 is 9.13 Å². The van der Waals surface area contributed by atoms with Crippen LogP contribution in [-0.4, -0.2) is 53.2 Å². The maximum Gasteiger partial charge on any atom is 0.165 e. The Labute approximate surface area is 166 Å². The first-order valence-electron chi connectivity index (χ1n) is 10.4. The van der Waals surface area contributed by atoms with E-state index in [0.29, 0.717) is 11.8 Å². The van der Waals surface area contributed by atoms with E-state index < -0.39 is 0 Å². The molecule has 0 radical (unpaired) electrons. The van der Waals surface area contributed by atoms with Crippen LogP contribution in [0.2, 0.25) is 0 Å². The molecular formula is C22H29FN4O. The number of hydrogen-bond acceptors (Lipinski definition) is 5. The second-order valence-corrected chi connectivity index (χ2v) is 7.86. The molecule has 2 aliphatic heterocycles. The molecule has 0 aliphatic carbocycles. The largest absolute Gasteiger partial charge is 0.485 e. The Morgan fingerprint density at radius 1 is 1.14 bits per heavy atom. The minimum atomic E-state index is -0.281. The maximum atomic E-state index is 13.7. The van der Waals surface area contributed by atoms with Crippen LogP contribution in [0.25, 0.3) is 0 Å². The number of ether oxygens (including phenoxy) is 1. The van der Waals surface area contributed by atoms with Crippen LogP contribution in [0, 0.1) is 12.7 Å². The second-order valence-electron chi connectivity index (χ2n) is 7.86. The van der Waals surface area contributed by atoms with Crippen LogP contribution in [0.1, 0.15) is 37.7 Å². The summed E-state index contributed by atoms with van der Waals surface area (Å²) in [5.74, 6) is 2.01. The Morgan fingerprint density at radius 2 is 1.89 bits per heavy atom. The van der Waals surface area contributed by atoms with Gasteiger partial charge in [-0.25, -0.2) is 14.4 Å². The Hall–Kier alpha value is -2.21. The number of piperidine rings is 1. The lowest BCUT2D eigenvalue weighted by Gasteiger charge is -2.46. The number of halogens is 1. The normalized spacial score (nSPS) is 18.9. The molecule has 0 N–H and O–H groups in total. The van der Waals surface area contributed by atoms with E-state index in [1.54, 1.807) is 12.1 Å². The lowest BCUT2D eigenvalue weighted by Crippen LogP contribution is -2.59. The van der Waals surface area contributed by atoms with Gasteiger partial charge in [-0.05, 0) is 38.3 Å². The molecule has 2 saturated heterocycles. The second kappa shape index (κ2) is 8.43. The molecule has 1 aromatic carbocycles. The van der Waals surface area contributed by atoms with Crippen molar-refractivity contribution in [1.29, 1.82) is 0 Å². The van der Waals surface area contributed by atoms with Gasteiger partial charge in [-0.2, -0.15) is 0 Å². The highest BCUT2D eigenvalue weighted by molar-refractivity contribution is 5.40. The lowest BCUT2D eigenvalue weighted by atomic mass is 9.98. The van der Waals surface area contributed by atoms with Gasteiger partial charge in [-0.15, -0.1) is 0 Å². The number of likely N-dealkylation sites (tertiary alicyclic amines) is 1. The molecule has 1 aromatic heterocycles. The molecule has 28 heavy (non-hydrogen) atoms. The smallest absolute Gasteiger partial charge is 0.165 e. The number of para-hydroxylation sites is 1. The zero-order valence-electron chi connectivity index (χ0n) is 16.8. The molecule has 5 nitrogen and oxygen atoms in total. The summed E-state index contributed by atoms with van der Waals surface area (Å²) in [5.41, 5.74) is 1.14. The van der Waals surface area contributed by atoms with Crippen LogP contribution < -0.4 is 9.64 Å². The zero-order chi connectivity index (χ0) is 19.5. The summed E-state index contributed by atoms with van der Waals surface area (Å²) in [6.45, 7) is 7.95. The molecule has 4 rings (SSSR count). The van der Waals surface area contributed by atoms with Crippen LogP contribution in [-0.2, 0) is 6.42 Å². The molecule has 0 atom stereocenters. The third-order valence-corrected chi connectivity index (χ3v) is 5.70. The standard InChI is InChI=1S/C22H29FN4O/c1-3-6-17-13-22(25-16(2)24-17)26-11-9-18(10-12-26)27-14-19(15-27)28-21-8-5-4-7-20(21)23/h4-5,7-8,13,18-19H,3,6,9-12,14-15H2,1-2H3. The van der Waals surface area contributed by atoms with Gasteiger partial charge in [0.1, 0.15) is 17.7 Å². The molecule has 0 unspecified atom stereocenters. The molecule has 2 aromatic rings. The average molecular weight is 384 g/mol. The van der Waals surface area contributed by atoms with E-state index in [-0.39, 0.29) is 11.9 Å². The molecule has 3 heterocycles.